The fraction of sp³-hybridized carbons (Fsp3) is 0.476. The molecule has 0 radical (unpaired) electrons. The van der Waals surface area contributed by atoms with E-state index in [-0.39, 0.29) is 12.1 Å². The van der Waals surface area contributed by atoms with Crippen molar-refractivity contribution in [1.82, 2.24) is 10.1 Å². The maximum Gasteiger partial charge on any atom is 0.410 e. The molecular weight excluding hydrogens is 342 g/mol. The number of benzene rings is 1. The molecule has 0 unspecified atom stereocenters. The Morgan fingerprint density at radius 2 is 1.96 bits per heavy atom. The highest BCUT2D eigenvalue weighted by Gasteiger charge is 2.35. The SMILES string of the molecule is CN=C(C)c1cc(-c2ccc(CN(C(=O)OC(C)(C)C)C3CC3)cc2)no1. The summed E-state index contributed by atoms with van der Waals surface area (Å²) in [4.78, 5) is 18.4. The van der Waals surface area contributed by atoms with Crippen LogP contribution in [0.1, 0.15) is 51.9 Å². The van der Waals surface area contributed by atoms with Crippen molar-refractivity contribution >= 4 is 11.8 Å². The minimum absolute atomic E-state index is 0.246. The number of ether oxygens (including phenoxy) is 1. The normalized spacial score (nSPS) is 14.9. The molecule has 1 aromatic carbocycles. The van der Waals surface area contributed by atoms with E-state index in [2.05, 4.69) is 10.1 Å². The minimum atomic E-state index is -0.487. The molecule has 0 bridgehead atoms. The molecule has 1 amide bonds. The summed E-state index contributed by atoms with van der Waals surface area (Å²) in [6.07, 6.45) is 1.83. The maximum atomic E-state index is 12.5. The van der Waals surface area contributed by atoms with E-state index in [1.807, 2.05) is 62.9 Å². The van der Waals surface area contributed by atoms with Gasteiger partial charge in [0.2, 0.25) is 0 Å². The van der Waals surface area contributed by atoms with Gasteiger partial charge in [0.15, 0.2) is 5.76 Å². The Hall–Kier alpha value is -2.63. The minimum Gasteiger partial charge on any atom is -0.444 e. The van der Waals surface area contributed by atoms with Crippen molar-refractivity contribution in [2.75, 3.05) is 7.05 Å². The molecule has 0 saturated heterocycles. The molecular formula is C21H27N3O3. The summed E-state index contributed by atoms with van der Waals surface area (Å²) in [5, 5.41) is 4.11. The number of amides is 1. The van der Waals surface area contributed by atoms with Crippen molar-refractivity contribution in [2.45, 2.75) is 58.7 Å². The van der Waals surface area contributed by atoms with Gasteiger partial charge in [-0.15, -0.1) is 0 Å². The topological polar surface area (TPSA) is 67.9 Å². The molecule has 1 aliphatic carbocycles. The van der Waals surface area contributed by atoms with Crippen LogP contribution in [0.15, 0.2) is 39.8 Å². The quantitative estimate of drug-likeness (QED) is 0.718. The molecule has 0 N–H and O–H groups in total. The van der Waals surface area contributed by atoms with Crippen molar-refractivity contribution in [3.63, 3.8) is 0 Å². The highest BCUT2D eigenvalue weighted by molar-refractivity contribution is 5.96. The highest BCUT2D eigenvalue weighted by atomic mass is 16.6. The molecule has 6 heteroatoms. The van der Waals surface area contributed by atoms with E-state index in [0.29, 0.717) is 12.3 Å². The van der Waals surface area contributed by atoms with E-state index in [1.165, 1.54) is 0 Å². The number of nitrogens with zero attached hydrogens (tertiary/aromatic N) is 3. The number of rotatable bonds is 5. The summed E-state index contributed by atoms with van der Waals surface area (Å²) in [5.41, 5.74) is 3.12. The Kier molecular flexibility index (Phi) is 5.35. The molecule has 1 heterocycles. The molecule has 1 fully saturated rings. The number of aliphatic imine (C=N–C) groups is 1. The summed E-state index contributed by atoms with van der Waals surface area (Å²) < 4.78 is 10.9. The van der Waals surface area contributed by atoms with Gasteiger partial charge in [-0.25, -0.2) is 4.79 Å². The standard InChI is InChI=1S/C21H27N3O3/c1-14(22-5)19-12-18(23-27-19)16-8-6-15(7-9-16)13-24(17-10-11-17)20(25)26-21(2,3)4/h6-9,12,17H,10-11,13H2,1-5H3. The van der Waals surface area contributed by atoms with Gasteiger partial charge in [-0.05, 0) is 46.1 Å². The van der Waals surface area contributed by atoms with Gasteiger partial charge in [0, 0.05) is 31.3 Å². The molecule has 144 valence electrons. The summed E-state index contributed by atoms with van der Waals surface area (Å²) in [6.45, 7) is 8.10. The van der Waals surface area contributed by atoms with Crippen LogP contribution in [0.4, 0.5) is 4.79 Å². The first kappa shape index (κ1) is 19.1. The second-order valence-electron chi connectivity index (χ2n) is 7.92. The predicted molar refractivity (Wildman–Crippen MR) is 105 cm³/mol. The van der Waals surface area contributed by atoms with E-state index < -0.39 is 5.60 Å². The summed E-state index contributed by atoms with van der Waals surface area (Å²) in [7, 11) is 1.72. The number of aromatic nitrogens is 1. The molecule has 27 heavy (non-hydrogen) atoms. The Bertz CT molecular complexity index is 827. The zero-order chi connectivity index (χ0) is 19.6. The molecule has 2 aromatic rings. The van der Waals surface area contributed by atoms with Gasteiger partial charge in [-0.3, -0.25) is 4.99 Å². The summed E-state index contributed by atoms with van der Waals surface area (Å²) in [5.74, 6) is 0.668. The monoisotopic (exact) mass is 369 g/mol. The average molecular weight is 369 g/mol. The van der Waals surface area contributed by atoms with Crippen LogP contribution in [0.25, 0.3) is 11.3 Å². The van der Waals surface area contributed by atoms with E-state index in [1.54, 1.807) is 7.05 Å². The lowest BCUT2D eigenvalue weighted by Gasteiger charge is -2.27. The lowest BCUT2D eigenvalue weighted by molar-refractivity contribution is 0.0216. The maximum absolute atomic E-state index is 12.5. The van der Waals surface area contributed by atoms with Gasteiger partial charge in [0.25, 0.3) is 0 Å². The molecule has 1 aliphatic rings. The summed E-state index contributed by atoms with van der Waals surface area (Å²) in [6, 6.07) is 10.2. The number of hydrogen-bond donors (Lipinski definition) is 0. The first-order valence-corrected chi connectivity index (χ1v) is 9.26. The number of hydrogen-bond acceptors (Lipinski definition) is 5. The van der Waals surface area contributed by atoms with Crippen LogP contribution in [0.3, 0.4) is 0 Å². The van der Waals surface area contributed by atoms with Crippen molar-refractivity contribution in [3.05, 3.63) is 41.7 Å². The lowest BCUT2D eigenvalue weighted by atomic mass is 10.1. The van der Waals surface area contributed by atoms with Gasteiger partial charge in [-0.2, -0.15) is 0 Å². The van der Waals surface area contributed by atoms with Crippen LogP contribution in [0, 0.1) is 0 Å². The lowest BCUT2D eigenvalue weighted by Crippen LogP contribution is -2.37. The van der Waals surface area contributed by atoms with Crippen molar-refractivity contribution in [2.24, 2.45) is 4.99 Å². The molecule has 1 aromatic heterocycles. The fourth-order valence-corrected chi connectivity index (χ4v) is 2.72. The molecule has 3 rings (SSSR count). The second kappa shape index (κ2) is 7.55. The molecule has 0 atom stereocenters. The summed E-state index contributed by atoms with van der Waals surface area (Å²) >= 11 is 0. The first-order chi connectivity index (χ1) is 12.8. The first-order valence-electron chi connectivity index (χ1n) is 9.26. The molecule has 1 saturated carbocycles. The molecule has 0 aliphatic heterocycles. The predicted octanol–water partition coefficient (Wildman–Crippen LogP) is 4.68. The van der Waals surface area contributed by atoms with Crippen molar-refractivity contribution in [1.29, 1.82) is 0 Å². The Balaban J connectivity index is 1.71. The average Bonchev–Trinajstić information content (AvgIpc) is 3.33. The zero-order valence-corrected chi connectivity index (χ0v) is 16.7. The Labute approximate surface area is 160 Å². The number of carbonyl (C=O) groups is 1. The van der Waals surface area contributed by atoms with Crippen LogP contribution in [0.2, 0.25) is 0 Å². The zero-order valence-electron chi connectivity index (χ0n) is 16.7. The molecule has 6 nitrogen and oxygen atoms in total. The smallest absolute Gasteiger partial charge is 0.410 e. The van der Waals surface area contributed by atoms with E-state index in [9.17, 15) is 4.79 Å². The highest BCUT2D eigenvalue weighted by Crippen LogP contribution is 2.30. The third-order valence-corrected chi connectivity index (χ3v) is 4.42. The second-order valence-corrected chi connectivity index (χ2v) is 7.92. The Morgan fingerprint density at radius 3 is 2.52 bits per heavy atom. The van der Waals surface area contributed by atoms with Crippen LogP contribution >= 0.6 is 0 Å². The van der Waals surface area contributed by atoms with E-state index >= 15 is 0 Å². The largest absolute Gasteiger partial charge is 0.444 e. The van der Waals surface area contributed by atoms with Gasteiger partial charge in [-0.1, -0.05) is 29.4 Å². The van der Waals surface area contributed by atoms with Crippen molar-refractivity contribution in [3.8, 4) is 11.3 Å². The van der Waals surface area contributed by atoms with Gasteiger partial charge in [0.05, 0.1) is 5.71 Å². The van der Waals surface area contributed by atoms with Crippen molar-refractivity contribution < 1.29 is 14.1 Å². The third-order valence-electron chi connectivity index (χ3n) is 4.42. The van der Waals surface area contributed by atoms with Crippen LogP contribution in [-0.2, 0) is 11.3 Å². The van der Waals surface area contributed by atoms with Gasteiger partial charge >= 0.3 is 6.09 Å². The third kappa shape index (κ3) is 4.96. The van der Waals surface area contributed by atoms with Crippen LogP contribution < -0.4 is 0 Å². The van der Waals surface area contributed by atoms with Gasteiger partial charge < -0.3 is 14.2 Å². The fourth-order valence-electron chi connectivity index (χ4n) is 2.72. The van der Waals surface area contributed by atoms with Crippen LogP contribution in [0.5, 0.6) is 0 Å². The number of carbonyl (C=O) groups excluding carboxylic acids is 1. The van der Waals surface area contributed by atoms with E-state index in [0.717, 1.165) is 35.4 Å². The molecule has 0 spiro atoms. The van der Waals surface area contributed by atoms with Gasteiger partial charge in [0.1, 0.15) is 11.3 Å². The Morgan fingerprint density at radius 1 is 1.30 bits per heavy atom. The van der Waals surface area contributed by atoms with E-state index in [4.69, 9.17) is 9.26 Å². The van der Waals surface area contributed by atoms with Crippen LogP contribution in [-0.4, -0.2) is 40.6 Å².